The molecule has 2 aliphatic heterocycles. The molecule has 1 fully saturated rings. The van der Waals surface area contributed by atoms with Crippen molar-refractivity contribution in [2.45, 2.75) is 38.9 Å². The quantitative estimate of drug-likeness (QED) is 0.717. The Kier molecular flexibility index (Phi) is 4.23. The van der Waals surface area contributed by atoms with Crippen molar-refractivity contribution in [3.8, 4) is 11.5 Å². The minimum Gasteiger partial charge on any atom is -0.486 e. The third-order valence-corrected chi connectivity index (χ3v) is 5.12. The summed E-state index contributed by atoms with van der Waals surface area (Å²) in [5, 5.41) is 0. The van der Waals surface area contributed by atoms with Crippen LogP contribution in [-0.2, 0) is 9.31 Å². The van der Waals surface area contributed by atoms with E-state index in [1.807, 2.05) is 27.7 Å². The zero-order valence-electron chi connectivity index (χ0n) is 13.6. The summed E-state index contributed by atoms with van der Waals surface area (Å²) in [6.07, 6.45) is 1.39. The standard InChI is InChI=1S/C16H19BBrFO4/c1-15(2)16(3,4)23-17(22-15)14(19)8-10-7-12-13(9-11(10)18)21-6-5-20-12/h7-9H,5-6H2,1-4H3. The maximum Gasteiger partial charge on any atom is 0.525 e. The van der Waals surface area contributed by atoms with Crippen LogP contribution in [0.25, 0.3) is 6.08 Å². The van der Waals surface area contributed by atoms with E-state index in [0.29, 0.717) is 34.7 Å². The highest BCUT2D eigenvalue weighted by atomic mass is 79.9. The van der Waals surface area contributed by atoms with Crippen molar-refractivity contribution in [3.05, 3.63) is 27.9 Å². The average Bonchev–Trinajstić information content (AvgIpc) is 2.68. The van der Waals surface area contributed by atoms with Crippen molar-refractivity contribution in [3.63, 3.8) is 0 Å². The molecule has 1 aromatic carbocycles. The summed E-state index contributed by atoms with van der Waals surface area (Å²) >= 11 is 3.43. The second-order valence-corrected chi connectivity index (χ2v) is 7.49. The summed E-state index contributed by atoms with van der Waals surface area (Å²) in [7, 11) is -1.01. The van der Waals surface area contributed by atoms with E-state index < -0.39 is 24.0 Å². The first kappa shape index (κ1) is 16.8. The molecule has 0 aromatic heterocycles. The van der Waals surface area contributed by atoms with Crippen LogP contribution in [-0.4, -0.2) is 31.5 Å². The highest BCUT2D eigenvalue weighted by Crippen LogP contribution is 2.40. The molecule has 3 rings (SSSR count). The zero-order chi connectivity index (χ0) is 16.8. The normalized spacial score (nSPS) is 22.3. The molecule has 23 heavy (non-hydrogen) atoms. The van der Waals surface area contributed by atoms with Crippen LogP contribution in [0.1, 0.15) is 33.3 Å². The number of ether oxygens (including phenoxy) is 2. The van der Waals surface area contributed by atoms with E-state index in [9.17, 15) is 4.39 Å². The summed E-state index contributed by atoms with van der Waals surface area (Å²) in [6, 6.07) is 3.52. The molecular formula is C16H19BBrFO4. The van der Waals surface area contributed by atoms with E-state index in [0.717, 1.165) is 0 Å². The zero-order valence-corrected chi connectivity index (χ0v) is 15.2. The van der Waals surface area contributed by atoms with Gasteiger partial charge in [0.05, 0.1) is 11.2 Å². The van der Waals surface area contributed by atoms with Crippen LogP contribution in [0.5, 0.6) is 11.5 Å². The molecule has 4 nitrogen and oxygen atoms in total. The van der Waals surface area contributed by atoms with Crippen molar-refractivity contribution >= 4 is 29.1 Å². The van der Waals surface area contributed by atoms with E-state index in [2.05, 4.69) is 15.9 Å². The minimum atomic E-state index is -1.01. The van der Waals surface area contributed by atoms with E-state index in [4.69, 9.17) is 18.8 Å². The Hall–Kier alpha value is -1.05. The predicted octanol–water partition coefficient (Wildman–Crippen LogP) is 4.16. The molecule has 1 aromatic rings. The molecule has 0 N–H and O–H groups in total. The number of rotatable bonds is 2. The number of hydrogen-bond donors (Lipinski definition) is 0. The molecule has 2 aliphatic rings. The Bertz CT molecular complexity index is 644. The largest absolute Gasteiger partial charge is 0.525 e. The van der Waals surface area contributed by atoms with Gasteiger partial charge in [-0.3, -0.25) is 0 Å². The van der Waals surface area contributed by atoms with E-state index in [-0.39, 0.29) is 0 Å². The van der Waals surface area contributed by atoms with Crippen LogP contribution in [0, 0.1) is 0 Å². The van der Waals surface area contributed by atoms with Crippen molar-refractivity contribution in [1.82, 2.24) is 0 Å². The molecule has 0 amide bonds. The lowest BCUT2D eigenvalue weighted by Crippen LogP contribution is -2.41. The fourth-order valence-corrected chi connectivity index (χ4v) is 2.80. The van der Waals surface area contributed by atoms with Gasteiger partial charge in [0.15, 0.2) is 11.5 Å². The van der Waals surface area contributed by atoms with Crippen LogP contribution >= 0.6 is 15.9 Å². The smallest absolute Gasteiger partial charge is 0.486 e. The average molecular weight is 385 g/mol. The van der Waals surface area contributed by atoms with E-state index in [1.165, 1.54) is 6.08 Å². The molecule has 0 bridgehead atoms. The van der Waals surface area contributed by atoms with Gasteiger partial charge < -0.3 is 18.8 Å². The van der Waals surface area contributed by atoms with Gasteiger partial charge in [0, 0.05) is 4.47 Å². The fraction of sp³-hybridized carbons (Fsp3) is 0.500. The van der Waals surface area contributed by atoms with Gasteiger partial charge in [-0.05, 0) is 51.5 Å². The van der Waals surface area contributed by atoms with Crippen LogP contribution in [0.3, 0.4) is 0 Å². The lowest BCUT2D eigenvalue weighted by atomic mass is 9.87. The molecular weight excluding hydrogens is 366 g/mol. The first-order valence-electron chi connectivity index (χ1n) is 7.51. The van der Waals surface area contributed by atoms with Crippen molar-refractivity contribution in [1.29, 1.82) is 0 Å². The van der Waals surface area contributed by atoms with E-state index >= 15 is 0 Å². The molecule has 124 valence electrons. The van der Waals surface area contributed by atoms with Gasteiger partial charge in [-0.1, -0.05) is 15.9 Å². The predicted molar refractivity (Wildman–Crippen MR) is 90.3 cm³/mol. The van der Waals surface area contributed by atoms with Gasteiger partial charge in [-0.2, -0.15) is 0 Å². The number of hydrogen-bond acceptors (Lipinski definition) is 4. The molecule has 2 heterocycles. The molecule has 0 unspecified atom stereocenters. The molecule has 7 heteroatoms. The van der Waals surface area contributed by atoms with Gasteiger partial charge in [-0.25, -0.2) is 4.39 Å². The third kappa shape index (κ3) is 3.14. The maximum atomic E-state index is 14.6. The highest BCUT2D eigenvalue weighted by molar-refractivity contribution is 9.10. The van der Waals surface area contributed by atoms with Gasteiger partial charge in [0.25, 0.3) is 0 Å². The van der Waals surface area contributed by atoms with Crippen molar-refractivity contribution in [2.75, 3.05) is 13.2 Å². The second kappa shape index (κ2) is 5.79. The van der Waals surface area contributed by atoms with Crippen molar-refractivity contribution in [2.24, 2.45) is 0 Å². The molecule has 0 spiro atoms. The SMILES string of the molecule is CC1(C)OB(C(F)=Cc2cc3c(cc2Br)OCCO3)OC1(C)C. The van der Waals surface area contributed by atoms with Gasteiger partial charge in [0.2, 0.25) is 0 Å². The van der Waals surface area contributed by atoms with Crippen molar-refractivity contribution < 1.29 is 23.2 Å². The molecule has 0 saturated carbocycles. The first-order chi connectivity index (χ1) is 10.7. The lowest BCUT2D eigenvalue weighted by Gasteiger charge is -2.32. The number of benzene rings is 1. The maximum absolute atomic E-state index is 14.6. The number of halogens is 2. The Labute approximate surface area is 144 Å². The van der Waals surface area contributed by atoms with Crippen LogP contribution in [0.2, 0.25) is 0 Å². The minimum absolute atomic E-state index is 0.484. The fourth-order valence-electron chi connectivity index (χ4n) is 2.36. The summed E-state index contributed by atoms with van der Waals surface area (Å²) in [5.41, 5.74) is -0.998. The molecule has 0 atom stereocenters. The summed E-state index contributed by atoms with van der Waals surface area (Å²) < 4.78 is 37.8. The van der Waals surface area contributed by atoms with Gasteiger partial charge in [-0.15, -0.1) is 0 Å². The summed E-state index contributed by atoms with van der Waals surface area (Å²) in [4.78, 5) is 0. The van der Waals surface area contributed by atoms with Crippen LogP contribution in [0.4, 0.5) is 4.39 Å². The molecule has 0 radical (unpaired) electrons. The van der Waals surface area contributed by atoms with Crippen LogP contribution < -0.4 is 9.47 Å². The Morgan fingerprint density at radius 3 is 2.17 bits per heavy atom. The third-order valence-electron chi connectivity index (χ3n) is 4.43. The summed E-state index contributed by atoms with van der Waals surface area (Å²) in [6.45, 7) is 8.55. The Morgan fingerprint density at radius 1 is 1.09 bits per heavy atom. The van der Waals surface area contributed by atoms with Gasteiger partial charge >= 0.3 is 7.12 Å². The monoisotopic (exact) mass is 384 g/mol. The highest BCUT2D eigenvalue weighted by Gasteiger charge is 2.53. The lowest BCUT2D eigenvalue weighted by molar-refractivity contribution is 0.00578. The summed E-state index contributed by atoms with van der Waals surface area (Å²) in [5.74, 6) is 1.25. The van der Waals surface area contributed by atoms with Gasteiger partial charge in [0.1, 0.15) is 18.9 Å². The topological polar surface area (TPSA) is 36.9 Å². The second-order valence-electron chi connectivity index (χ2n) is 6.63. The molecule has 0 aliphatic carbocycles. The Balaban J connectivity index is 1.87. The Morgan fingerprint density at radius 2 is 1.61 bits per heavy atom. The first-order valence-corrected chi connectivity index (χ1v) is 8.31. The van der Waals surface area contributed by atoms with E-state index in [1.54, 1.807) is 12.1 Å². The van der Waals surface area contributed by atoms with Crippen LogP contribution in [0.15, 0.2) is 22.3 Å². The molecule has 1 saturated heterocycles. The number of fused-ring (bicyclic) bond motifs is 1.